The Morgan fingerprint density at radius 2 is 1.65 bits per heavy atom. The average Bonchev–Trinajstić information content (AvgIpc) is 2.46. The monoisotopic (exact) mass is 336 g/mol. The first kappa shape index (κ1) is 16.8. The van der Waals surface area contributed by atoms with Crippen LogP contribution in [-0.4, -0.2) is 26.3 Å². The highest BCUT2D eigenvalue weighted by molar-refractivity contribution is 7.50. The molecule has 23 heavy (non-hydrogen) atoms. The molecule has 4 N–H and O–H groups in total. The van der Waals surface area contributed by atoms with Gasteiger partial charge in [-0.05, 0) is 23.8 Å². The summed E-state index contributed by atoms with van der Waals surface area (Å²) in [6.07, 6.45) is 0.0521. The molecule has 0 saturated heterocycles. The Balaban J connectivity index is 2.20. The van der Waals surface area contributed by atoms with Crippen molar-refractivity contribution in [1.29, 1.82) is 0 Å². The van der Waals surface area contributed by atoms with Gasteiger partial charge in [-0.2, -0.15) is 5.11 Å². The van der Waals surface area contributed by atoms with Crippen LogP contribution >= 0.6 is 7.60 Å². The van der Waals surface area contributed by atoms with Crippen LogP contribution in [0.1, 0.15) is 15.9 Å². The topological polar surface area (TPSA) is 140 Å². The minimum absolute atomic E-state index is 0.00388. The highest BCUT2D eigenvalue weighted by Crippen LogP contribution is 2.39. The van der Waals surface area contributed by atoms with Gasteiger partial charge in [0.2, 0.25) is 0 Å². The van der Waals surface area contributed by atoms with E-state index in [-0.39, 0.29) is 28.9 Å². The highest BCUT2D eigenvalue weighted by atomic mass is 31.2. The number of hydrogen-bond acceptors (Lipinski definition) is 6. The molecule has 0 atom stereocenters. The van der Waals surface area contributed by atoms with Crippen molar-refractivity contribution in [2.75, 3.05) is 0 Å². The molecule has 0 aliphatic carbocycles. The smallest absolute Gasteiger partial charge is 0.329 e. The zero-order chi connectivity index (χ0) is 17.0. The molecular weight excluding hydrogens is 323 g/mol. The van der Waals surface area contributed by atoms with E-state index >= 15 is 0 Å². The van der Waals surface area contributed by atoms with E-state index in [1.807, 2.05) is 0 Å². The maximum absolute atomic E-state index is 10.9. The zero-order valence-electron chi connectivity index (χ0n) is 11.7. The van der Waals surface area contributed by atoms with E-state index in [9.17, 15) is 19.6 Å². The largest absolute Gasteiger partial charge is 0.507 e. The van der Waals surface area contributed by atoms with Crippen LogP contribution in [0.4, 0.5) is 11.4 Å². The van der Waals surface area contributed by atoms with E-state index in [2.05, 4.69) is 10.2 Å². The lowest BCUT2D eigenvalue weighted by molar-refractivity contribution is 0.112. The third-order valence-electron chi connectivity index (χ3n) is 2.85. The summed E-state index contributed by atoms with van der Waals surface area (Å²) in [6.45, 7) is 0. The third kappa shape index (κ3) is 4.72. The van der Waals surface area contributed by atoms with E-state index in [1.54, 1.807) is 0 Å². The number of aldehydes is 1. The summed E-state index contributed by atoms with van der Waals surface area (Å²) in [5.41, 5.74) is 0.811. The number of hydrogen-bond donors (Lipinski definition) is 4. The number of benzene rings is 2. The fourth-order valence-electron chi connectivity index (χ4n) is 1.77. The third-order valence-corrected chi connectivity index (χ3v) is 3.63. The van der Waals surface area contributed by atoms with Gasteiger partial charge >= 0.3 is 7.60 Å². The van der Waals surface area contributed by atoms with Gasteiger partial charge in [0.25, 0.3) is 0 Å². The van der Waals surface area contributed by atoms with Crippen molar-refractivity contribution in [1.82, 2.24) is 0 Å². The van der Waals surface area contributed by atoms with Gasteiger partial charge in [0.1, 0.15) is 17.2 Å². The van der Waals surface area contributed by atoms with E-state index in [0.717, 1.165) is 6.07 Å². The standard InChI is InChI=1S/C14H13N2O6P/c17-7-10-5-12(14(19)6-13(10)18)16-15-11-3-1-9(2-4-11)8-23(20,21)22/h1-7,18-19H,8H2,(H2,20,21,22). The van der Waals surface area contributed by atoms with Gasteiger partial charge in [-0.25, -0.2) is 0 Å². The molecule has 8 nitrogen and oxygen atoms in total. The van der Waals surface area contributed by atoms with Gasteiger partial charge in [-0.3, -0.25) is 9.36 Å². The van der Waals surface area contributed by atoms with Gasteiger partial charge < -0.3 is 20.0 Å². The molecule has 0 unspecified atom stereocenters. The van der Waals surface area contributed by atoms with Crippen molar-refractivity contribution in [3.8, 4) is 11.5 Å². The molecule has 2 aromatic carbocycles. The molecule has 0 amide bonds. The maximum atomic E-state index is 10.9. The Bertz CT molecular complexity index is 798. The second kappa shape index (κ2) is 6.70. The van der Waals surface area contributed by atoms with Crippen LogP contribution in [0, 0.1) is 0 Å². The van der Waals surface area contributed by atoms with E-state index < -0.39 is 7.60 Å². The highest BCUT2D eigenvalue weighted by Gasteiger charge is 2.13. The van der Waals surface area contributed by atoms with Gasteiger partial charge in [0.05, 0.1) is 17.4 Å². The predicted octanol–water partition coefficient (Wildman–Crippen LogP) is 3.00. The summed E-state index contributed by atoms with van der Waals surface area (Å²) in [7, 11) is -4.13. The van der Waals surface area contributed by atoms with Crippen LogP contribution in [0.25, 0.3) is 0 Å². The molecular formula is C14H13N2O6P. The van der Waals surface area contributed by atoms with Crippen molar-refractivity contribution >= 4 is 25.3 Å². The average molecular weight is 336 g/mol. The van der Waals surface area contributed by atoms with Crippen LogP contribution in [0.15, 0.2) is 46.6 Å². The van der Waals surface area contributed by atoms with E-state index in [0.29, 0.717) is 17.5 Å². The molecule has 2 rings (SSSR count). The summed E-state index contributed by atoms with van der Waals surface area (Å²) < 4.78 is 10.9. The van der Waals surface area contributed by atoms with Crippen molar-refractivity contribution in [2.45, 2.75) is 6.16 Å². The quantitative estimate of drug-likeness (QED) is 0.376. The molecule has 0 aliphatic heterocycles. The van der Waals surface area contributed by atoms with Crippen molar-refractivity contribution in [3.05, 3.63) is 47.5 Å². The molecule has 0 aliphatic rings. The van der Waals surface area contributed by atoms with Crippen molar-refractivity contribution < 1.29 is 29.4 Å². The second-order valence-electron chi connectivity index (χ2n) is 4.71. The minimum Gasteiger partial charge on any atom is -0.507 e. The first-order valence-electron chi connectivity index (χ1n) is 6.35. The summed E-state index contributed by atoms with van der Waals surface area (Å²) in [4.78, 5) is 28.5. The molecule has 120 valence electrons. The first-order chi connectivity index (χ1) is 10.8. The lowest BCUT2D eigenvalue weighted by Gasteiger charge is -2.04. The molecule has 9 heteroatoms. The van der Waals surface area contributed by atoms with Gasteiger partial charge in [-0.1, -0.05) is 12.1 Å². The van der Waals surface area contributed by atoms with Crippen LogP contribution in [0.2, 0.25) is 0 Å². The Hall–Kier alpha value is -2.54. The van der Waals surface area contributed by atoms with Crippen LogP contribution in [0.5, 0.6) is 11.5 Å². The van der Waals surface area contributed by atoms with Gasteiger partial charge in [0, 0.05) is 6.07 Å². The lowest BCUT2D eigenvalue weighted by atomic mass is 10.2. The Labute approximate surface area is 130 Å². The zero-order valence-corrected chi connectivity index (χ0v) is 12.6. The lowest BCUT2D eigenvalue weighted by Crippen LogP contribution is -1.85. The first-order valence-corrected chi connectivity index (χ1v) is 8.14. The SMILES string of the molecule is O=Cc1cc(N=Nc2ccc(CP(=O)(O)O)cc2)c(O)cc1O. The van der Waals surface area contributed by atoms with Crippen LogP contribution < -0.4 is 0 Å². The molecule has 0 aromatic heterocycles. The molecule has 0 spiro atoms. The van der Waals surface area contributed by atoms with Gasteiger partial charge in [0.15, 0.2) is 6.29 Å². The number of nitrogens with zero attached hydrogens (tertiary/aromatic N) is 2. The number of carbonyl (C=O) groups is 1. The summed E-state index contributed by atoms with van der Waals surface area (Å²) >= 11 is 0. The number of carbonyl (C=O) groups excluding carboxylic acids is 1. The maximum Gasteiger partial charge on any atom is 0.329 e. The molecule has 0 bridgehead atoms. The molecule has 0 heterocycles. The Kier molecular flexibility index (Phi) is 4.90. The summed E-state index contributed by atoms with van der Waals surface area (Å²) in [6, 6.07) is 8.19. The van der Waals surface area contributed by atoms with E-state index in [1.165, 1.54) is 30.3 Å². The van der Waals surface area contributed by atoms with Crippen LogP contribution in [0.3, 0.4) is 0 Å². The number of rotatable bonds is 5. The number of aromatic hydroxyl groups is 2. The Morgan fingerprint density at radius 3 is 2.22 bits per heavy atom. The number of phenols is 2. The Morgan fingerprint density at radius 1 is 1.00 bits per heavy atom. The number of azo groups is 1. The minimum atomic E-state index is -4.13. The van der Waals surface area contributed by atoms with Gasteiger partial charge in [-0.15, -0.1) is 5.11 Å². The summed E-state index contributed by atoms with van der Waals surface area (Å²) in [5, 5.41) is 26.7. The van der Waals surface area contributed by atoms with Crippen molar-refractivity contribution in [3.63, 3.8) is 0 Å². The van der Waals surface area contributed by atoms with Crippen LogP contribution in [-0.2, 0) is 10.7 Å². The normalized spacial score (nSPS) is 11.7. The molecule has 0 radical (unpaired) electrons. The second-order valence-corrected chi connectivity index (χ2v) is 6.35. The fraction of sp³-hybridized carbons (Fsp3) is 0.0714. The molecule has 0 saturated carbocycles. The molecule has 0 fully saturated rings. The fourth-order valence-corrected chi connectivity index (χ4v) is 2.46. The van der Waals surface area contributed by atoms with Crippen molar-refractivity contribution in [2.24, 2.45) is 10.2 Å². The van der Waals surface area contributed by atoms with E-state index in [4.69, 9.17) is 9.79 Å². The molecule has 2 aromatic rings. The predicted molar refractivity (Wildman–Crippen MR) is 81.5 cm³/mol. The summed E-state index contributed by atoms with van der Waals surface area (Å²) in [5.74, 6) is -0.701. The number of phenolic OH excluding ortho intramolecular Hbond substituents is 2.